The number of para-hydroxylation sites is 1. The minimum atomic E-state index is -0.207. The van der Waals surface area contributed by atoms with Crippen molar-refractivity contribution in [1.29, 1.82) is 0 Å². The lowest BCUT2D eigenvalue weighted by atomic mass is 10.1. The lowest BCUT2D eigenvalue weighted by Crippen LogP contribution is -2.25. The number of amides is 1. The van der Waals surface area contributed by atoms with Gasteiger partial charge in [-0.2, -0.15) is 0 Å². The van der Waals surface area contributed by atoms with Crippen LogP contribution in [0.5, 0.6) is 0 Å². The average Bonchev–Trinajstić information content (AvgIpc) is 3.06. The maximum Gasteiger partial charge on any atom is 0.273 e. The van der Waals surface area contributed by atoms with E-state index in [-0.39, 0.29) is 5.91 Å². The van der Waals surface area contributed by atoms with E-state index in [1.165, 1.54) is 10.9 Å². The molecule has 2 heterocycles. The number of rotatable bonds is 4. The van der Waals surface area contributed by atoms with Crippen LogP contribution in [0.3, 0.4) is 0 Å². The van der Waals surface area contributed by atoms with Crippen molar-refractivity contribution in [3.8, 4) is 0 Å². The maximum atomic E-state index is 11.8. The Labute approximate surface area is 116 Å². The van der Waals surface area contributed by atoms with Crippen molar-refractivity contribution >= 4 is 16.8 Å². The summed E-state index contributed by atoms with van der Waals surface area (Å²) in [6, 6.07) is 9.74. The van der Waals surface area contributed by atoms with Gasteiger partial charge in [-0.05, 0) is 25.0 Å². The first-order chi connectivity index (χ1) is 9.74. The number of aromatic amines is 1. The minimum Gasteiger partial charge on any atom is -0.361 e. The van der Waals surface area contributed by atoms with E-state index in [0.717, 1.165) is 11.9 Å². The Hall–Kier alpha value is -2.56. The second-order valence-electron chi connectivity index (χ2n) is 4.69. The normalized spacial score (nSPS) is 10.8. The first-order valence-electron chi connectivity index (χ1n) is 6.50. The molecule has 3 rings (SSSR count). The van der Waals surface area contributed by atoms with Crippen LogP contribution in [-0.4, -0.2) is 22.6 Å². The molecule has 20 heavy (non-hydrogen) atoms. The molecule has 0 bridgehead atoms. The van der Waals surface area contributed by atoms with Gasteiger partial charge < -0.3 is 14.8 Å². The van der Waals surface area contributed by atoms with Crippen LogP contribution < -0.4 is 5.32 Å². The number of hydrogen-bond acceptors (Lipinski definition) is 3. The van der Waals surface area contributed by atoms with Gasteiger partial charge in [0.15, 0.2) is 5.69 Å². The fourth-order valence-electron chi connectivity index (χ4n) is 2.21. The van der Waals surface area contributed by atoms with Gasteiger partial charge in [0, 0.05) is 29.7 Å². The molecule has 0 aliphatic heterocycles. The van der Waals surface area contributed by atoms with E-state index < -0.39 is 0 Å². The van der Waals surface area contributed by atoms with Crippen molar-refractivity contribution in [2.45, 2.75) is 13.3 Å². The Morgan fingerprint density at radius 3 is 3.05 bits per heavy atom. The van der Waals surface area contributed by atoms with Gasteiger partial charge in [-0.15, -0.1) is 0 Å². The molecule has 3 aromatic rings. The molecule has 0 saturated carbocycles. The Kier molecular flexibility index (Phi) is 3.25. The zero-order valence-electron chi connectivity index (χ0n) is 11.1. The number of hydrogen-bond donors (Lipinski definition) is 2. The van der Waals surface area contributed by atoms with Gasteiger partial charge in [0.05, 0.1) is 0 Å². The third-order valence-corrected chi connectivity index (χ3v) is 3.22. The summed E-state index contributed by atoms with van der Waals surface area (Å²) in [6.07, 6.45) is 2.75. The summed E-state index contributed by atoms with van der Waals surface area (Å²) in [6.45, 7) is 2.32. The van der Waals surface area contributed by atoms with E-state index in [0.29, 0.717) is 18.0 Å². The fraction of sp³-hybridized carbons (Fsp3) is 0.200. The molecule has 102 valence electrons. The minimum absolute atomic E-state index is 0.207. The van der Waals surface area contributed by atoms with Crippen molar-refractivity contribution in [3.05, 3.63) is 53.5 Å². The maximum absolute atomic E-state index is 11.8. The second-order valence-corrected chi connectivity index (χ2v) is 4.69. The van der Waals surface area contributed by atoms with Crippen molar-refractivity contribution < 1.29 is 9.32 Å². The number of nitrogens with one attached hydrogen (secondary N) is 2. The highest BCUT2D eigenvalue weighted by Crippen LogP contribution is 2.17. The van der Waals surface area contributed by atoms with E-state index in [9.17, 15) is 4.79 Å². The van der Waals surface area contributed by atoms with Crippen LogP contribution in [0.1, 0.15) is 21.8 Å². The Bertz CT molecular complexity index is 742. The predicted octanol–water partition coefficient (Wildman–Crippen LogP) is 2.44. The summed E-state index contributed by atoms with van der Waals surface area (Å²) in [5, 5.41) is 7.72. The lowest BCUT2D eigenvalue weighted by molar-refractivity contribution is 0.0945. The molecule has 0 radical (unpaired) electrons. The molecular weight excluding hydrogens is 254 g/mol. The van der Waals surface area contributed by atoms with Crippen molar-refractivity contribution in [3.63, 3.8) is 0 Å². The highest BCUT2D eigenvalue weighted by Gasteiger charge is 2.10. The smallest absolute Gasteiger partial charge is 0.273 e. The third kappa shape index (κ3) is 2.42. The molecule has 2 aromatic heterocycles. The molecule has 0 fully saturated rings. The molecule has 0 saturated heterocycles. The second kappa shape index (κ2) is 5.21. The highest BCUT2D eigenvalue weighted by atomic mass is 16.5. The number of carbonyl (C=O) groups is 1. The van der Waals surface area contributed by atoms with Crippen LogP contribution in [0.2, 0.25) is 0 Å². The van der Waals surface area contributed by atoms with E-state index in [2.05, 4.69) is 21.5 Å². The summed E-state index contributed by atoms with van der Waals surface area (Å²) in [5.74, 6) is 0.425. The number of H-pyrrole nitrogens is 1. The van der Waals surface area contributed by atoms with Crippen LogP contribution in [0.25, 0.3) is 10.9 Å². The average molecular weight is 269 g/mol. The zero-order chi connectivity index (χ0) is 13.9. The monoisotopic (exact) mass is 269 g/mol. The zero-order valence-corrected chi connectivity index (χ0v) is 11.1. The van der Waals surface area contributed by atoms with E-state index in [1.54, 1.807) is 13.0 Å². The van der Waals surface area contributed by atoms with Gasteiger partial charge in [0.2, 0.25) is 0 Å². The summed E-state index contributed by atoms with van der Waals surface area (Å²) in [4.78, 5) is 15.0. The Balaban J connectivity index is 1.61. The molecule has 5 nitrogen and oxygen atoms in total. The molecule has 0 aliphatic carbocycles. The molecule has 5 heteroatoms. The standard InChI is InChI=1S/C15H15N3O2/c1-10-8-14(18-20-10)15(19)16-7-6-11-9-17-13-5-3-2-4-12(11)13/h2-5,8-9,17H,6-7H2,1H3,(H,16,19). The van der Waals surface area contributed by atoms with Gasteiger partial charge in [-0.1, -0.05) is 23.4 Å². The van der Waals surface area contributed by atoms with Crippen LogP contribution in [0, 0.1) is 6.92 Å². The van der Waals surface area contributed by atoms with E-state index in [1.807, 2.05) is 24.4 Å². The quantitative estimate of drug-likeness (QED) is 0.764. The van der Waals surface area contributed by atoms with Crippen LogP contribution in [0.15, 0.2) is 41.1 Å². The number of carbonyl (C=O) groups excluding carboxylic acids is 1. The Morgan fingerprint density at radius 2 is 2.25 bits per heavy atom. The van der Waals surface area contributed by atoms with Crippen LogP contribution >= 0.6 is 0 Å². The van der Waals surface area contributed by atoms with Gasteiger partial charge in [-0.25, -0.2) is 0 Å². The van der Waals surface area contributed by atoms with Crippen molar-refractivity contribution in [2.75, 3.05) is 6.54 Å². The highest BCUT2D eigenvalue weighted by molar-refractivity contribution is 5.92. The summed E-state index contributed by atoms with van der Waals surface area (Å²) in [7, 11) is 0. The van der Waals surface area contributed by atoms with Crippen molar-refractivity contribution in [1.82, 2.24) is 15.5 Å². The Morgan fingerprint density at radius 1 is 1.40 bits per heavy atom. The predicted molar refractivity (Wildman–Crippen MR) is 75.6 cm³/mol. The molecule has 0 atom stereocenters. The van der Waals surface area contributed by atoms with Gasteiger partial charge in [0.25, 0.3) is 5.91 Å². The number of nitrogens with zero attached hydrogens (tertiary/aromatic N) is 1. The summed E-state index contributed by atoms with van der Waals surface area (Å²) in [5.41, 5.74) is 2.62. The van der Waals surface area contributed by atoms with Gasteiger partial charge in [0.1, 0.15) is 5.76 Å². The molecule has 0 spiro atoms. The topological polar surface area (TPSA) is 70.9 Å². The van der Waals surface area contributed by atoms with Gasteiger partial charge >= 0.3 is 0 Å². The van der Waals surface area contributed by atoms with Crippen LogP contribution in [0.4, 0.5) is 0 Å². The summed E-state index contributed by atoms with van der Waals surface area (Å²) < 4.78 is 4.88. The third-order valence-electron chi connectivity index (χ3n) is 3.22. The van der Waals surface area contributed by atoms with E-state index >= 15 is 0 Å². The lowest BCUT2D eigenvalue weighted by Gasteiger charge is -2.02. The molecule has 1 aromatic carbocycles. The molecule has 0 unspecified atom stereocenters. The molecular formula is C15H15N3O2. The first-order valence-corrected chi connectivity index (χ1v) is 6.50. The molecule has 1 amide bonds. The van der Waals surface area contributed by atoms with Crippen LogP contribution in [-0.2, 0) is 6.42 Å². The SMILES string of the molecule is Cc1cc(C(=O)NCCc2c[nH]c3ccccc23)no1. The number of aryl methyl sites for hydroxylation is 1. The number of benzene rings is 1. The number of aromatic nitrogens is 2. The van der Waals surface area contributed by atoms with Crippen molar-refractivity contribution in [2.24, 2.45) is 0 Å². The summed E-state index contributed by atoms with van der Waals surface area (Å²) >= 11 is 0. The fourth-order valence-corrected chi connectivity index (χ4v) is 2.21. The number of fused-ring (bicyclic) bond motifs is 1. The van der Waals surface area contributed by atoms with Gasteiger partial charge in [-0.3, -0.25) is 4.79 Å². The van der Waals surface area contributed by atoms with E-state index in [4.69, 9.17) is 4.52 Å². The first kappa shape index (κ1) is 12.5. The molecule has 2 N–H and O–H groups in total. The largest absolute Gasteiger partial charge is 0.361 e. The molecule has 0 aliphatic rings.